The molecule has 2 aromatic rings. The summed E-state index contributed by atoms with van der Waals surface area (Å²) in [6.45, 7) is 4.58. The summed E-state index contributed by atoms with van der Waals surface area (Å²) in [5.74, 6) is -0.281. The van der Waals surface area contributed by atoms with Crippen molar-refractivity contribution in [3.8, 4) is 5.75 Å². The maximum absolute atomic E-state index is 11.7. The Hall–Kier alpha value is -3.09. The highest BCUT2D eigenvalue weighted by Gasteiger charge is 2.13. The van der Waals surface area contributed by atoms with Gasteiger partial charge in [0.15, 0.2) is 0 Å². The van der Waals surface area contributed by atoms with Crippen LogP contribution in [0, 0.1) is 0 Å². The summed E-state index contributed by atoms with van der Waals surface area (Å²) >= 11 is 0. The molecule has 2 amide bonds. The predicted molar refractivity (Wildman–Crippen MR) is 93.1 cm³/mol. The first-order chi connectivity index (χ1) is 12.1. The van der Waals surface area contributed by atoms with E-state index < -0.39 is 11.8 Å². The van der Waals surface area contributed by atoms with Crippen LogP contribution < -0.4 is 15.5 Å². The standard InChI is InChI=1S/C18H21N3O4/c1-3-10-24-15-8-6-14(7-9-15)13(2)20-21-18(23)17(22)19-12-16-5-4-11-25-16/h4-9,11H,3,10,12H2,1-2H3,(H,19,22)(H,21,23)/b20-13-. The van der Waals surface area contributed by atoms with Crippen molar-refractivity contribution in [2.75, 3.05) is 6.61 Å². The van der Waals surface area contributed by atoms with Gasteiger partial charge in [0.25, 0.3) is 0 Å². The molecule has 1 aromatic heterocycles. The van der Waals surface area contributed by atoms with Crippen LogP contribution in [0.25, 0.3) is 0 Å². The first-order valence-corrected chi connectivity index (χ1v) is 7.98. The zero-order chi connectivity index (χ0) is 18.1. The SMILES string of the molecule is CCCOc1ccc(/C(C)=N\NC(=O)C(=O)NCc2ccco2)cc1. The largest absolute Gasteiger partial charge is 0.494 e. The fraction of sp³-hybridized carbons (Fsp3) is 0.278. The fourth-order valence-electron chi connectivity index (χ4n) is 1.92. The molecule has 1 heterocycles. The van der Waals surface area contributed by atoms with Crippen molar-refractivity contribution in [2.24, 2.45) is 5.10 Å². The van der Waals surface area contributed by atoms with Crippen LogP contribution in [-0.2, 0) is 16.1 Å². The van der Waals surface area contributed by atoms with E-state index in [1.54, 1.807) is 19.1 Å². The topological polar surface area (TPSA) is 92.9 Å². The summed E-state index contributed by atoms with van der Waals surface area (Å²) in [6, 6.07) is 10.8. The lowest BCUT2D eigenvalue weighted by Gasteiger charge is -2.06. The molecule has 0 atom stereocenters. The van der Waals surface area contributed by atoms with Gasteiger partial charge in [-0.05, 0) is 55.3 Å². The number of hydrogen-bond donors (Lipinski definition) is 2. The van der Waals surface area contributed by atoms with Crippen molar-refractivity contribution in [3.63, 3.8) is 0 Å². The molecule has 2 rings (SSSR count). The predicted octanol–water partition coefficient (Wildman–Crippen LogP) is 2.22. The van der Waals surface area contributed by atoms with Gasteiger partial charge in [-0.25, -0.2) is 5.43 Å². The molecule has 1 aromatic carbocycles. The Balaban J connectivity index is 1.84. The Morgan fingerprint density at radius 2 is 1.92 bits per heavy atom. The van der Waals surface area contributed by atoms with Crippen molar-refractivity contribution in [1.82, 2.24) is 10.7 Å². The highest BCUT2D eigenvalue weighted by molar-refractivity contribution is 6.35. The number of hydrogen-bond acceptors (Lipinski definition) is 5. The van der Waals surface area contributed by atoms with Crippen molar-refractivity contribution < 1.29 is 18.7 Å². The van der Waals surface area contributed by atoms with Gasteiger partial charge >= 0.3 is 11.8 Å². The van der Waals surface area contributed by atoms with Crippen molar-refractivity contribution >= 4 is 17.5 Å². The number of benzene rings is 1. The van der Waals surface area contributed by atoms with Gasteiger partial charge in [-0.2, -0.15) is 5.10 Å². The zero-order valence-electron chi connectivity index (χ0n) is 14.2. The highest BCUT2D eigenvalue weighted by Crippen LogP contribution is 2.13. The monoisotopic (exact) mass is 343 g/mol. The van der Waals surface area contributed by atoms with E-state index in [-0.39, 0.29) is 6.54 Å². The Kier molecular flexibility index (Phi) is 6.76. The van der Waals surface area contributed by atoms with Crippen LogP contribution in [0.4, 0.5) is 0 Å². The van der Waals surface area contributed by atoms with Gasteiger partial charge in [-0.3, -0.25) is 9.59 Å². The van der Waals surface area contributed by atoms with E-state index in [1.165, 1.54) is 6.26 Å². The third-order valence-corrected chi connectivity index (χ3v) is 3.28. The fourth-order valence-corrected chi connectivity index (χ4v) is 1.92. The number of ether oxygens (including phenoxy) is 1. The van der Waals surface area contributed by atoms with Crippen molar-refractivity contribution in [3.05, 3.63) is 54.0 Å². The van der Waals surface area contributed by atoms with Crippen molar-refractivity contribution in [1.29, 1.82) is 0 Å². The van der Waals surface area contributed by atoms with Crippen LogP contribution in [-0.4, -0.2) is 24.1 Å². The second kappa shape index (κ2) is 9.27. The third kappa shape index (κ3) is 5.80. The summed E-state index contributed by atoms with van der Waals surface area (Å²) in [4.78, 5) is 23.4. The van der Waals surface area contributed by atoms with E-state index in [4.69, 9.17) is 9.15 Å². The van der Waals surface area contributed by atoms with E-state index in [1.807, 2.05) is 31.2 Å². The number of furan rings is 1. The second-order valence-corrected chi connectivity index (χ2v) is 5.27. The van der Waals surface area contributed by atoms with Gasteiger partial charge in [0.05, 0.1) is 25.1 Å². The Labute approximate surface area is 146 Å². The molecular formula is C18H21N3O4. The molecule has 2 N–H and O–H groups in total. The molecule has 0 saturated carbocycles. The van der Waals surface area contributed by atoms with Gasteiger partial charge in [0.2, 0.25) is 0 Å². The molecule has 0 aliphatic carbocycles. The summed E-state index contributed by atoms with van der Waals surface area (Å²) < 4.78 is 10.6. The van der Waals surface area contributed by atoms with Gasteiger partial charge in [0, 0.05) is 0 Å². The van der Waals surface area contributed by atoms with E-state index in [0.717, 1.165) is 17.7 Å². The molecule has 0 radical (unpaired) electrons. The number of carbonyl (C=O) groups excluding carboxylic acids is 2. The van der Waals surface area contributed by atoms with E-state index >= 15 is 0 Å². The Morgan fingerprint density at radius 1 is 1.16 bits per heavy atom. The lowest BCUT2D eigenvalue weighted by Crippen LogP contribution is -2.37. The van der Waals surface area contributed by atoms with Crippen molar-refractivity contribution in [2.45, 2.75) is 26.8 Å². The minimum atomic E-state index is -0.839. The van der Waals surface area contributed by atoms with E-state index in [9.17, 15) is 9.59 Å². The minimum absolute atomic E-state index is 0.140. The third-order valence-electron chi connectivity index (χ3n) is 3.28. The van der Waals surface area contributed by atoms with E-state index in [2.05, 4.69) is 15.8 Å². The number of nitrogens with zero attached hydrogens (tertiary/aromatic N) is 1. The molecule has 7 nitrogen and oxygen atoms in total. The summed E-state index contributed by atoms with van der Waals surface area (Å²) in [7, 11) is 0. The highest BCUT2D eigenvalue weighted by atomic mass is 16.5. The molecule has 0 aliphatic heterocycles. The molecule has 0 unspecified atom stereocenters. The van der Waals surface area contributed by atoms with Crippen LogP contribution in [0.15, 0.2) is 52.2 Å². The first-order valence-electron chi connectivity index (χ1n) is 7.98. The minimum Gasteiger partial charge on any atom is -0.494 e. The molecular weight excluding hydrogens is 322 g/mol. The normalized spacial score (nSPS) is 11.0. The number of carbonyl (C=O) groups is 2. The molecule has 132 valence electrons. The molecule has 0 aliphatic rings. The Morgan fingerprint density at radius 3 is 2.56 bits per heavy atom. The summed E-state index contributed by atoms with van der Waals surface area (Å²) in [6.07, 6.45) is 2.43. The maximum atomic E-state index is 11.7. The first kappa shape index (κ1) is 18.3. The zero-order valence-corrected chi connectivity index (χ0v) is 14.2. The van der Waals surface area contributed by atoms with E-state index in [0.29, 0.717) is 18.1 Å². The Bertz CT molecular complexity index is 721. The van der Waals surface area contributed by atoms with Gasteiger partial charge in [-0.1, -0.05) is 6.92 Å². The molecule has 0 bridgehead atoms. The van der Waals surface area contributed by atoms with Crippen LogP contribution in [0.5, 0.6) is 5.75 Å². The average molecular weight is 343 g/mol. The molecule has 0 saturated heterocycles. The van der Waals surface area contributed by atoms with Gasteiger partial charge in [-0.15, -0.1) is 0 Å². The second-order valence-electron chi connectivity index (χ2n) is 5.27. The van der Waals surface area contributed by atoms with Gasteiger partial charge < -0.3 is 14.5 Å². The van der Waals surface area contributed by atoms with Crippen LogP contribution in [0.2, 0.25) is 0 Å². The van der Waals surface area contributed by atoms with Crippen LogP contribution >= 0.6 is 0 Å². The average Bonchev–Trinajstić information content (AvgIpc) is 3.16. The lowest BCUT2D eigenvalue weighted by molar-refractivity contribution is -0.139. The van der Waals surface area contributed by atoms with Crippen LogP contribution in [0.1, 0.15) is 31.6 Å². The van der Waals surface area contributed by atoms with Crippen LogP contribution in [0.3, 0.4) is 0 Å². The number of amides is 2. The molecule has 0 spiro atoms. The number of hydrazone groups is 1. The number of rotatable bonds is 7. The lowest BCUT2D eigenvalue weighted by atomic mass is 10.1. The number of nitrogens with one attached hydrogen (secondary N) is 2. The quantitative estimate of drug-likeness (QED) is 0.458. The summed E-state index contributed by atoms with van der Waals surface area (Å²) in [5, 5.41) is 6.39. The molecule has 7 heteroatoms. The molecule has 25 heavy (non-hydrogen) atoms. The van der Waals surface area contributed by atoms with Gasteiger partial charge in [0.1, 0.15) is 11.5 Å². The smallest absolute Gasteiger partial charge is 0.329 e. The summed E-state index contributed by atoms with van der Waals surface area (Å²) in [5.41, 5.74) is 3.63. The molecule has 0 fully saturated rings. The maximum Gasteiger partial charge on any atom is 0.329 e.